The van der Waals surface area contributed by atoms with Gasteiger partial charge in [-0.05, 0) is 25.1 Å². The zero-order chi connectivity index (χ0) is 19.6. The summed E-state index contributed by atoms with van der Waals surface area (Å²) in [4.78, 5) is 38.5. The Bertz CT molecular complexity index is 909. The molecule has 0 radical (unpaired) electrons. The lowest BCUT2D eigenvalue weighted by atomic mass is 9.88. The molecule has 1 amide bonds. The molecule has 140 valence electrons. The number of aromatic hydroxyl groups is 1. The van der Waals surface area contributed by atoms with E-state index in [0.717, 1.165) is 4.90 Å². The number of hydrogen-bond donors (Lipinski definition) is 2. The number of carbonyl (C=O) groups excluding carboxylic acids is 3. The molecule has 1 atom stereocenters. The molecule has 1 aliphatic rings. The molecule has 27 heavy (non-hydrogen) atoms. The van der Waals surface area contributed by atoms with Gasteiger partial charge in [-0.15, -0.1) is 0 Å². The number of ether oxygens (including phenoxy) is 1. The van der Waals surface area contributed by atoms with Crippen LogP contribution in [0.4, 0.5) is 5.69 Å². The molecule has 0 saturated carbocycles. The van der Waals surface area contributed by atoms with E-state index in [0.29, 0.717) is 5.69 Å². The van der Waals surface area contributed by atoms with Gasteiger partial charge in [0.1, 0.15) is 12.3 Å². The van der Waals surface area contributed by atoms with Gasteiger partial charge in [-0.3, -0.25) is 19.3 Å². The van der Waals surface area contributed by atoms with Gasteiger partial charge < -0.3 is 14.9 Å². The van der Waals surface area contributed by atoms with Crippen molar-refractivity contribution in [2.75, 3.05) is 18.1 Å². The maximum absolute atomic E-state index is 12.9. The van der Waals surface area contributed by atoms with Crippen LogP contribution >= 0.6 is 0 Å². The number of amides is 1. The van der Waals surface area contributed by atoms with Crippen molar-refractivity contribution in [2.45, 2.75) is 18.9 Å². The van der Waals surface area contributed by atoms with Gasteiger partial charge in [0.15, 0.2) is 11.4 Å². The summed E-state index contributed by atoms with van der Waals surface area (Å²) in [6.07, 6.45) is -0.556. The van der Waals surface area contributed by atoms with E-state index in [1.165, 1.54) is 18.2 Å². The standard InChI is InChI=1S/C20H19NO6/c1-2-27-18(24)12-21-15-9-5-4-8-14(15)20(26,19(21)25)11-17(23)13-7-3-6-10-16(13)22/h3-10,22,26H,2,11-12H2,1H3/t20-/m1/s1. The van der Waals surface area contributed by atoms with Gasteiger partial charge in [0.2, 0.25) is 0 Å². The van der Waals surface area contributed by atoms with E-state index in [2.05, 4.69) is 0 Å². The van der Waals surface area contributed by atoms with Gasteiger partial charge in [-0.1, -0.05) is 30.3 Å². The number of carbonyl (C=O) groups is 3. The van der Waals surface area contributed by atoms with Crippen LogP contribution in [0, 0.1) is 0 Å². The second-order valence-corrected chi connectivity index (χ2v) is 6.19. The largest absolute Gasteiger partial charge is 0.507 e. The van der Waals surface area contributed by atoms with Crippen molar-refractivity contribution in [3.63, 3.8) is 0 Å². The van der Waals surface area contributed by atoms with Crippen molar-refractivity contribution in [1.29, 1.82) is 0 Å². The Morgan fingerprint density at radius 1 is 1.11 bits per heavy atom. The Labute approximate surface area is 155 Å². The third-order valence-electron chi connectivity index (χ3n) is 4.45. The highest BCUT2D eigenvalue weighted by Crippen LogP contribution is 2.43. The van der Waals surface area contributed by atoms with E-state index in [-0.39, 0.29) is 30.0 Å². The van der Waals surface area contributed by atoms with Gasteiger partial charge in [-0.2, -0.15) is 0 Å². The number of hydrogen-bond acceptors (Lipinski definition) is 6. The minimum atomic E-state index is -2.12. The fourth-order valence-corrected chi connectivity index (χ4v) is 3.21. The Balaban J connectivity index is 1.95. The highest BCUT2D eigenvalue weighted by Gasteiger charge is 2.51. The van der Waals surface area contributed by atoms with Gasteiger partial charge in [0, 0.05) is 5.56 Å². The summed E-state index contributed by atoms with van der Waals surface area (Å²) < 4.78 is 4.89. The molecule has 0 aromatic heterocycles. The molecule has 0 fully saturated rings. The van der Waals surface area contributed by atoms with Crippen molar-refractivity contribution in [3.8, 4) is 5.75 Å². The molecule has 2 aromatic rings. The van der Waals surface area contributed by atoms with Crippen molar-refractivity contribution in [1.82, 2.24) is 0 Å². The smallest absolute Gasteiger partial charge is 0.326 e. The number of fused-ring (bicyclic) bond motifs is 1. The molecule has 0 saturated heterocycles. The van der Waals surface area contributed by atoms with Crippen LogP contribution in [0.5, 0.6) is 5.75 Å². The minimum absolute atomic E-state index is 0.0139. The van der Waals surface area contributed by atoms with Gasteiger partial charge in [-0.25, -0.2) is 0 Å². The van der Waals surface area contributed by atoms with Crippen molar-refractivity contribution in [3.05, 3.63) is 59.7 Å². The van der Waals surface area contributed by atoms with Gasteiger partial charge >= 0.3 is 5.97 Å². The van der Waals surface area contributed by atoms with Gasteiger partial charge in [0.25, 0.3) is 5.91 Å². The fraction of sp³-hybridized carbons (Fsp3) is 0.250. The number of para-hydroxylation sites is 2. The second-order valence-electron chi connectivity index (χ2n) is 6.19. The topological polar surface area (TPSA) is 104 Å². The van der Waals surface area contributed by atoms with E-state index in [1.54, 1.807) is 37.3 Å². The molecule has 0 bridgehead atoms. The molecule has 0 unspecified atom stereocenters. The van der Waals surface area contributed by atoms with E-state index in [1.807, 2.05) is 0 Å². The predicted octanol–water partition coefficient (Wildman–Crippen LogP) is 1.76. The summed E-state index contributed by atoms with van der Waals surface area (Å²) in [7, 11) is 0. The van der Waals surface area contributed by atoms with Crippen molar-refractivity contribution < 1.29 is 29.3 Å². The third-order valence-corrected chi connectivity index (χ3v) is 4.45. The summed E-state index contributed by atoms with van der Waals surface area (Å²) in [5.41, 5.74) is -1.52. The van der Waals surface area contributed by atoms with Crippen LogP contribution < -0.4 is 4.90 Å². The maximum Gasteiger partial charge on any atom is 0.326 e. The SMILES string of the molecule is CCOC(=O)CN1C(=O)[C@@](O)(CC(=O)c2ccccc2O)c2ccccc21. The number of rotatable bonds is 6. The number of esters is 1. The zero-order valence-corrected chi connectivity index (χ0v) is 14.7. The second kappa shape index (κ2) is 7.20. The van der Waals surface area contributed by atoms with E-state index in [4.69, 9.17) is 4.74 Å². The average Bonchev–Trinajstić information content (AvgIpc) is 2.84. The summed E-state index contributed by atoms with van der Waals surface area (Å²) in [6, 6.07) is 12.4. The number of Topliss-reactive ketones (excluding diaryl/α,β-unsaturated/α-hetero) is 1. The van der Waals surface area contributed by atoms with Crippen LogP contribution in [-0.2, 0) is 19.9 Å². The molecule has 7 nitrogen and oxygen atoms in total. The highest BCUT2D eigenvalue weighted by atomic mass is 16.5. The number of nitrogens with zero attached hydrogens (tertiary/aromatic N) is 1. The first-order valence-corrected chi connectivity index (χ1v) is 8.49. The van der Waals surface area contributed by atoms with Crippen molar-refractivity contribution >= 4 is 23.3 Å². The monoisotopic (exact) mass is 369 g/mol. The van der Waals surface area contributed by atoms with E-state index >= 15 is 0 Å². The first-order chi connectivity index (χ1) is 12.9. The Kier molecular flexibility index (Phi) is 4.96. The zero-order valence-electron chi connectivity index (χ0n) is 14.7. The number of ketones is 1. The number of phenols is 1. The lowest BCUT2D eigenvalue weighted by Crippen LogP contribution is -2.44. The van der Waals surface area contributed by atoms with Crippen LogP contribution in [0.3, 0.4) is 0 Å². The van der Waals surface area contributed by atoms with Crippen LogP contribution in [0.25, 0.3) is 0 Å². The summed E-state index contributed by atoms with van der Waals surface area (Å²) in [5.74, 6) is -2.21. The summed E-state index contributed by atoms with van der Waals surface area (Å²) in [6.45, 7) is 1.45. The van der Waals surface area contributed by atoms with Crippen LogP contribution in [0.15, 0.2) is 48.5 Å². The third kappa shape index (κ3) is 3.29. The first-order valence-electron chi connectivity index (χ1n) is 8.49. The van der Waals surface area contributed by atoms with E-state index < -0.39 is 29.7 Å². The molecular weight excluding hydrogens is 350 g/mol. The number of aliphatic hydroxyl groups is 1. The summed E-state index contributed by atoms with van der Waals surface area (Å²) in [5, 5.41) is 21.0. The van der Waals surface area contributed by atoms with Crippen LogP contribution in [0.1, 0.15) is 29.3 Å². The molecular formula is C20H19NO6. The molecule has 1 aliphatic heterocycles. The maximum atomic E-state index is 12.9. The fourth-order valence-electron chi connectivity index (χ4n) is 3.21. The number of benzene rings is 2. The molecule has 0 aliphatic carbocycles. The van der Waals surface area contributed by atoms with Crippen LogP contribution in [0.2, 0.25) is 0 Å². The number of anilines is 1. The molecule has 2 N–H and O–H groups in total. The predicted molar refractivity (Wildman–Crippen MR) is 96.4 cm³/mol. The Morgan fingerprint density at radius 3 is 2.48 bits per heavy atom. The number of phenolic OH excluding ortho intramolecular Hbond substituents is 1. The Morgan fingerprint density at radius 2 is 1.78 bits per heavy atom. The van der Waals surface area contributed by atoms with Gasteiger partial charge in [0.05, 0.1) is 24.3 Å². The average molecular weight is 369 g/mol. The van der Waals surface area contributed by atoms with Crippen LogP contribution in [-0.4, -0.2) is 41.0 Å². The molecule has 1 heterocycles. The molecule has 3 rings (SSSR count). The molecule has 2 aromatic carbocycles. The lowest BCUT2D eigenvalue weighted by Gasteiger charge is -2.22. The highest BCUT2D eigenvalue weighted by molar-refractivity contribution is 6.12. The Hall–Kier alpha value is -3.19. The first kappa shape index (κ1) is 18.6. The van der Waals surface area contributed by atoms with E-state index in [9.17, 15) is 24.6 Å². The molecule has 7 heteroatoms. The van der Waals surface area contributed by atoms with Crippen molar-refractivity contribution in [2.24, 2.45) is 0 Å². The lowest BCUT2D eigenvalue weighted by molar-refractivity contribution is -0.144. The quantitative estimate of drug-likeness (QED) is 0.594. The normalized spacial score (nSPS) is 18.3. The summed E-state index contributed by atoms with van der Waals surface area (Å²) >= 11 is 0. The molecule has 0 spiro atoms. The minimum Gasteiger partial charge on any atom is -0.507 e.